The molecule has 0 aliphatic carbocycles. The number of aromatic hydroxyl groups is 1. The zero-order valence-electron chi connectivity index (χ0n) is 13.6. The standard InChI is InChI=1S/C19H26O3/c1-14(2)6-8-17-11-16(5-4-10-20)12-18(19(17)22)9-7-15(3)13-21/h4-7,11-12,20-22H,8-10,13H2,1-3H3/b5-4+,15-7-. The molecule has 22 heavy (non-hydrogen) atoms. The number of phenolic OH excluding ortho intramolecular Hbond substituents is 1. The topological polar surface area (TPSA) is 60.7 Å². The second-order valence-electron chi connectivity index (χ2n) is 5.67. The molecule has 3 N–H and O–H groups in total. The summed E-state index contributed by atoms with van der Waals surface area (Å²) in [6, 6.07) is 3.85. The van der Waals surface area contributed by atoms with Crippen LogP contribution in [-0.2, 0) is 12.8 Å². The van der Waals surface area contributed by atoms with E-state index in [-0.39, 0.29) is 13.2 Å². The van der Waals surface area contributed by atoms with Crippen molar-refractivity contribution in [3.8, 4) is 5.75 Å². The summed E-state index contributed by atoms with van der Waals surface area (Å²) in [7, 11) is 0. The number of hydrogen-bond donors (Lipinski definition) is 3. The molecule has 0 radical (unpaired) electrons. The fourth-order valence-electron chi connectivity index (χ4n) is 2.05. The maximum absolute atomic E-state index is 10.4. The summed E-state index contributed by atoms with van der Waals surface area (Å²) < 4.78 is 0. The van der Waals surface area contributed by atoms with Crippen molar-refractivity contribution >= 4 is 6.08 Å². The van der Waals surface area contributed by atoms with Gasteiger partial charge in [-0.3, -0.25) is 0 Å². The van der Waals surface area contributed by atoms with Crippen molar-refractivity contribution < 1.29 is 15.3 Å². The largest absolute Gasteiger partial charge is 0.507 e. The van der Waals surface area contributed by atoms with Gasteiger partial charge in [-0.25, -0.2) is 0 Å². The smallest absolute Gasteiger partial charge is 0.122 e. The van der Waals surface area contributed by atoms with Gasteiger partial charge < -0.3 is 15.3 Å². The summed E-state index contributed by atoms with van der Waals surface area (Å²) in [6.45, 7) is 5.93. The van der Waals surface area contributed by atoms with Gasteiger partial charge in [-0.1, -0.05) is 35.5 Å². The molecule has 1 rings (SSSR count). The Balaban J connectivity index is 3.19. The van der Waals surface area contributed by atoms with Crippen molar-refractivity contribution in [1.29, 1.82) is 0 Å². The van der Waals surface area contributed by atoms with Gasteiger partial charge in [0.15, 0.2) is 0 Å². The third kappa shape index (κ3) is 5.88. The molecule has 0 bridgehead atoms. The molecule has 120 valence electrons. The SMILES string of the molecule is CC(C)=CCc1cc(/C=C/CO)cc(C/C=C(/C)CO)c1O. The van der Waals surface area contributed by atoms with E-state index in [1.165, 1.54) is 5.57 Å². The lowest BCUT2D eigenvalue weighted by Gasteiger charge is -2.10. The number of aliphatic hydroxyl groups is 2. The minimum absolute atomic E-state index is 0.0109. The molecule has 0 unspecified atom stereocenters. The molecule has 0 saturated carbocycles. The van der Waals surface area contributed by atoms with E-state index in [1.54, 1.807) is 6.08 Å². The first kappa shape index (κ1) is 18.2. The molecule has 1 aromatic rings. The zero-order chi connectivity index (χ0) is 16.5. The molecular formula is C19H26O3. The minimum atomic E-state index is -0.0109. The summed E-state index contributed by atoms with van der Waals surface area (Å²) in [6.07, 6.45) is 8.76. The molecule has 0 saturated heterocycles. The van der Waals surface area contributed by atoms with Gasteiger partial charge in [0.1, 0.15) is 5.75 Å². The van der Waals surface area contributed by atoms with Crippen LogP contribution in [0, 0.1) is 0 Å². The summed E-state index contributed by atoms with van der Waals surface area (Å²) in [5.41, 5.74) is 4.72. The van der Waals surface area contributed by atoms with E-state index in [1.807, 2.05) is 45.1 Å². The molecule has 0 aliphatic heterocycles. The quantitative estimate of drug-likeness (QED) is 0.677. The second kappa shape index (κ2) is 9.23. The van der Waals surface area contributed by atoms with E-state index in [9.17, 15) is 5.11 Å². The molecule has 0 heterocycles. The highest BCUT2D eigenvalue weighted by atomic mass is 16.3. The molecule has 3 nitrogen and oxygen atoms in total. The van der Waals surface area contributed by atoms with Crippen molar-refractivity contribution in [3.63, 3.8) is 0 Å². The molecular weight excluding hydrogens is 276 g/mol. The molecule has 1 aromatic carbocycles. The van der Waals surface area contributed by atoms with Crippen LogP contribution in [0.25, 0.3) is 6.08 Å². The van der Waals surface area contributed by atoms with Gasteiger partial charge in [0.05, 0.1) is 13.2 Å². The Labute approximate surface area is 132 Å². The fourth-order valence-corrected chi connectivity index (χ4v) is 2.05. The van der Waals surface area contributed by atoms with Crippen LogP contribution in [0.1, 0.15) is 37.5 Å². The van der Waals surface area contributed by atoms with Crippen molar-refractivity contribution in [2.24, 2.45) is 0 Å². The lowest BCUT2D eigenvalue weighted by molar-refractivity contribution is 0.331. The molecule has 0 aromatic heterocycles. The average Bonchev–Trinajstić information content (AvgIpc) is 2.50. The lowest BCUT2D eigenvalue weighted by Crippen LogP contribution is -1.94. The van der Waals surface area contributed by atoms with Gasteiger partial charge in [0.2, 0.25) is 0 Å². The molecule has 0 aliphatic rings. The Morgan fingerprint density at radius 1 is 1.00 bits per heavy atom. The van der Waals surface area contributed by atoms with Gasteiger partial charge in [-0.2, -0.15) is 0 Å². The fraction of sp³-hybridized carbons (Fsp3) is 0.368. The lowest BCUT2D eigenvalue weighted by atomic mass is 9.98. The number of aliphatic hydroxyl groups excluding tert-OH is 2. The number of phenols is 1. The maximum Gasteiger partial charge on any atom is 0.122 e. The van der Waals surface area contributed by atoms with Crippen LogP contribution in [0.4, 0.5) is 0 Å². The Hall–Kier alpha value is -1.84. The van der Waals surface area contributed by atoms with Crippen LogP contribution in [0.15, 0.2) is 41.5 Å². The predicted molar refractivity (Wildman–Crippen MR) is 91.9 cm³/mol. The van der Waals surface area contributed by atoms with E-state index >= 15 is 0 Å². The maximum atomic E-state index is 10.4. The molecule has 0 amide bonds. The average molecular weight is 302 g/mol. The zero-order valence-corrected chi connectivity index (χ0v) is 13.6. The van der Waals surface area contributed by atoms with Gasteiger partial charge in [-0.15, -0.1) is 0 Å². The third-order valence-corrected chi connectivity index (χ3v) is 3.36. The highest BCUT2D eigenvalue weighted by Crippen LogP contribution is 2.27. The summed E-state index contributed by atoms with van der Waals surface area (Å²) >= 11 is 0. The monoisotopic (exact) mass is 302 g/mol. The van der Waals surface area contributed by atoms with E-state index < -0.39 is 0 Å². The van der Waals surface area contributed by atoms with E-state index in [0.29, 0.717) is 18.6 Å². The van der Waals surface area contributed by atoms with Crippen LogP contribution in [0.3, 0.4) is 0 Å². The number of rotatable bonds is 7. The van der Waals surface area contributed by atoms with Crippen LogP contribution in [-0.4, -0.2) is 28.5 Å². The second-order valence-corrected chi connectivity index (χ2v) is 5.67. The number of benzene rings is 1. The Bertz CT molecular complexity index is 577. The van der Waals surface area contributed by atoms with Crippen molar-refractivity contribution in [2.75, 3.05) is 13.2 Å². The summed E-state index contributed by atoms with van der Waals surface area (Å²) in [5, 5.41) is 28.4. The normalized spacial score (nSPS) is 12.0. The number of allylic oxidation sites excluding steroid dienone is 3. The molecule has 0 fully saturated rings. The Kier molecular flexibility index (Phi) is 7.64. The highest BCUT2D eigenvalue weighted by molar-refractivity contribution is 5.57. The van der Waals surface area contributed by atoms with Gasteiger partial charge in [0, 0.05) is 0 Å². The minimum Gasteiger partial charge on any atom is -0.507 e. The number of hydrogen-bond acceptors (Lipinski definition) is 3. The Morgan fingerprint density at radius 3 is 2.09 bits per heavy atom. The van der Waals surface area contributed by atoms with Crippen LogP contribution < -0.4 is 0 Å². The first-order valence-electron chi connectivity index (χ1n) is 7.50. The predicted octanol–water partition coefficient (Wildman–Crippen LogP) is 3.39. The van der Waals surface area contributed by atoms with Crippen molar-refractivity contribution in [3.05, 3.63) is 58.2 Å². The summed E-state index contributed by atoms with van der Waals surface area (Å²) in [5.74, 6) is 0.306. The highest BCUT2D eigenvalue weighted by Gasteiger charge is 2.08. The summed E-state index contributed by atoms with van der Waals surface area (Å²) in [4.78, 5) is 0. The van der Waals surface area contributed by atoms with E-state index in [4.69, 9.17) is 10.2 Å². The third-order valence-electron chi connectivity index (χ3n) is 3.36. The van der Waals surface area contributed by atoms with Gasteiger partial charge in [-0.05, 0) is 62.4 Å². The van der Waals surface area contributed by atoms with Gasteiger partial charge >= 0.3 is 0 Å². The van der Waals surface area contributed by atoms with E-state index in [2.05, 4.69) is 6.08 Å². The molecule has 0 spiro atoms. The van der Waals surface area contributed by atoms with Crippen molar-refractivity contribution in [2.45, 2.75) is 33.6 Å². The van der Waals surface area contributed by atoms with Crippen LogP contribution >= 0.6 is 0 Å². The van der Waals surface area contributed by atoms with Crippen molar-refractivity contribution in [1.82, 2.24) is 0 Å². The first-order chi connectivity index (χ1) is 10.5. The van der Waals surface area contributed by atoms with Crippen LogP contribution in [0.2, 0.25) is 0 Å². The Morgan fingerprint density at radius 2 is 1.59 bits per heavy atom. The van der Waals surface area contributed by atoms with Crippen LogP contribution in [0.5, 0.6) is 5.75 Å². The molecule has 0 atom stereocenters. The van der Waals surface area contributed by atoms with E-state index in [0.717, 1.165) is 22.3 Å². The first-order valence-corrected chi connectivity index (χ1v) is 7.50. The van der Waals surface area contributed by atoms with Gasteiger partial charge in [0.25, 0.3) is 0 Å². The molecule has 3 heteroatoms.